The zero-order valence-corrected chi connectivity index (χ0v) is 9.83. The van der Waals surface area contributed by atoms with Crippen molar-refractivity contribution in [2.45, 2.75) is 25.0 Å². The minimum atomic E-state index is 0.262. The van der Waals surface area contributed by atoms with Crippen molar-refractivity contribution in [1.29, 1.82) is 0 Å². The largest absolute Gasteiger partial charge is 0.388 e. The SMILES string of the molecule is COC1CC(Nc2nccnc2C(N)=S)C1. The monoisotopic (exact) mass is 238 g/mol. The average molecular weight is 238 g/mol. The smallest absolute Gasteiger partial charge is 0.155 e. The zero-order chi connectivity index (χ0) is 11.5. The molecule has 0 spiro atoms. The van der Waals surface area contributed by atoms with Crippen LogP contribution in [0.25, 0.3) is 0 Å². The minimum Gasteiger partial charge on any atom is -0.388 e. The predicted octanol–water partition coefficient (Wildman–Crippen LogP) is 0.700. The number of nitrogens with zero attached hydrogens (tertiary/aromatic N) is 2. The van der Waals surface area contributed by atoms with Crippen LogP contribution < -0.4 is 11.1 Å². The molecule has 1 heterocycles. The van der Waals surface area contributed by atoms with Crippen LogP contribution in [0.1, 0.15) is 18.5 Å². The Morgan fingerprint density at radius 2 is 2.19 bits per heavy atom. The first kappa shape index (κ1) is 11.2. The van der Waals surface area contributed by atoms with Gasteiger partial charge < -0.3 is 15.8 Å². The van der Waals surface area contributed by atoms with E-state index in [1.807, 2.05) is 0 Å². The lowest BCUT2D eigenvalue weighted by Gasteiger charge is -2.35. The van der Waals surface area contributed by atoms with Crippen LogP contribution in [0, 0.1) is 0 Å². The first-order valence-corrected chi connectivity index (χ1v) is 5.51. The maximum Gasteiger partial charge on any atom is 0.155 e. The normalized spacial score (nSPS) is 23.6. The predicted molar refractivity (Wildman–Crippen MR) is 65.4 cm³/mol. The number of hydrogen-bond donors (Lipinski definition) is 2. The van der Waals surface area contributed by atoms with Gasteiger partial charge >= 0.3 is 0 Å². The van der Waals surface area contributed by atoms with Crippen molar-refractivity contribution in [2.75, 3.05) is 12.4 Å². The van der Waals surface area contributed by atoms with Gasteiger partial charge in [0.2, 0.25) is 0 Å². The standard InChI is InChI=1S/C10H14N4OS/c1-15-7-4-6(5-7)14-10-8(9(11)16)12-2-3-13-10/h2-3,6-7H,4-5H2,1H3,(H2,11,16)(H,13,14). The number of ether oxygens (including phenoxy) is 1. The number of methoxy groups -OCH3 is 1. The molecule has 0 unspecified atom stereocenters. The number of anilines is 1. The first-order valence-electron chi connectivity index (χ1n) is 5.11. The number of aromatic nitrogens is 2. The highest BCUT2D eigenvalue weighted by Crippen LogP contribution is 2.26. The van der Waals surface area contributed by atoms with Gasteiger partial charge in [0.15, 0.2) is 5.82 Å². The zero-order valence-electron chi connectivity index (χ0n) is 9.01. The Kier molecular flexibility index (Phi) is 3.31. The fourth-order valence-corrected chi connectivity index (χ4v) is 1.84. The molecule has 0 aliphatic heterocycles. The van der Waals surface area contributed by atoms with E-state index >= 15 is 0 Å². The van der Waals surface area contributed by atoms with E-state index in [2.05, 4.69) is 15.3 Å². The highest BCUT2D eigenvalue weighted by molar-refractivity contribution is 7.80. The van der Waals surface area contributed by atoms with E-state index < -0.39 is 0 Å². The molecule has 1 aromatic heterocycles. The summed E-state index contributed by atoms with van der Waals surface area (Å²) in [5.41, 5.74) is 6.12. The molecule has 1 saturated carbocycles. The molecule has 0 radical (unpaired) electrons. The van der Waals surface area contributed by atoms with Gasteiger partial charge in [-0.15, -0.1) is 0 Å². The number of nitrogens with one attached hydrogen (secondary N) is 1. The van der Waals surface area contributed by atoms with Crippen LogP contribution in [0.3, 0.4) is 0 Å². The lowest BCUT2D eigenvalue weighted by atomic mass is 9.89. The topological polar surface area (TPSA) is 73.1 Å². The molecule has 16 heavy (non-hydrogen) atoms. The van der Waals surface area contributed by atoms with E-state index in [0.29, 0.717) is 23.7 Å². The van der Waals surface area contributed by atoms with Crippen molar-refractivity contribution in [2.24, 2.45) is 5.73 Å². The third kappa shape index (κ3) is 2.28. The van der Waals surface area contributed by atoms with E-state index in [-0.39, 0.29) is 4.99 Å². The molecule has 0 saturated heterocycles. The van der Waals surface area contributed by atoms with Gasteiger partial charge in [-0.25, -0.2) is 9.97 Å². The quantitative estimate of drug-likeness (QED) is 0.752. The Labute approximate surface area is 99.4 Å². The summed E-state index contributed by atoms with van der Waals surface area (Å²) in [6, 6.07) is 0.370. The summed E-state index contributed by atoms with van der Waals surface area (Å²) in [6.45, 7) is 0. The van der Waals surface area contributed by atoms with Gasteiger partial charge in [-0.3, -0.25) is 0 Å². The van der Waals surface area contributed by atoms with Crippen molar-refractivity contribution in [3.8, 4) is 0 Å². The van der Waals surface area contributed by atoms with E-state index in [9.17, 15) is 0 Å². The Morgan fingerprint density at radius 3 is 2.81 bits per heavy atom. The molecule has 3 N–H and O–H groups in total. The van der Waals surface area contributed by atoms with Crippen molar-refractivity contribution >= 4 is 23.0 Å². The molecule has 86 valence electrons. The fraction of sp³-hybridized carbons (Fsp3) is 0.500. The van der Waals surface area contributed by atoms with E-state index in [1.54, 1.807) is 19.5 Å². The number of nitrogens with two attached hydrogens (primary N) is 1. The van der Waals surface area contributed by atoms with Gasteiger partial charge in [0.25, 0.3) is 0 Å². The van der Waals surface area contributed by atoms with Gasteiger partial charge in [-0.05, 0) is 12.8 Å². The second-order valence-electron chi connectivity index (χ2n) is 3.79. The van der Waals surface area contributed by atoms with Crippen molar-refractivity contribution in [1.82, 2.24) is 9.97 Å². The molecule has 1 aromatic rings. The van der Waals surface area contributed by atoms with Gasteiger partial charge in [-0.1, -0.05) is 12.2 Å². The molecule has 1 aliphatic rings. The highest BCUT2D eigenvalue weighted by Gasteiger charge is 2.29. The summed E-state index contributed by atoms with van der Waals surface area (Å²) >= 11 is 4.91. The molecule has 0 bridgehead atoms. The fourth-order valence-electron chi connectivity index (χ4n) is 1.69. The van der Waals surface area contributed by atoms with Gasteiger partial charge in [0.05, 0.1) is 6.10 Å². The number of thiocarbonyl (C=S) groups is 1. The average Bonchev–Trinajstić information content (AvgIpc) is 2.23. The highest BCUT2D eigenvalue weighted by atomic mass is 32.1. The van der Waals surface area contributed by atoms with Gasteiger partial charge in [0.1, 0.15) is 10.7 Å². The summed E-state index contributed by atoms with van der Waals surface area (Å²) in [4.78, 5) is 8.56. The molecular weight excluding hydrogens is 224 g/mol. The third-order valence-corrected chi connectivity index (χ3v) is 2.89. The third-order valence-electron chi connectivity index (χ3n) is 2.70. The van der Waals surface area contributed by atoms with E-state index in [1.165, 1.54) is 0 Å². The molecule has 1 aliphatic carbocycles. The molecule has 1 fully saturated rings. The molecule has 0 aromatic carbocycles. The second kappa shape index (κ2) is 4.71. The van der Waals surface area contributed by atoms with Crippen molar-refractivity contribution < 1.29 is 4.74 Å². The molecule has 2 rings (SSSR count). The van der Waals surface area contributed by atoms with Crippen LogP contribution in [0.4, 0.5) is 5.82 Å². The molecule has 0 atom stereocenters. The Hall–Kier alpha value is -1.27. The van der Waals surface area contributed by atoms with Crippen molar-refractivity contribution in [3.05, 3.63) is 18.1 Å². The van der Waals surface area contributed by atoms with Gasteiger partial charge in [0, 0.05) is 25.5 Å². The first-order chi connectivity index (χ1) is 7.70. The van der Waals surface area contributed by atoms with E-state index in [0.717, 1.165) is 12.8 Å². The lowest BCUT2D eigenvalue weighted by molar-refractivity contribution is 0.0328. The Balaban J connectivity index is 2.02. The van der Waals surface area contributed by atoms with Crippen LogP contribution in [0.5, 0.6) is 0 Å². The van der Waals surface area contributed by atoms with Crippen LogP contribution in [0.15, 0.2) is 12.4 Å². The molecule has 0 amide bonds. The summed E-state index contributed by atoms with van der Waals surface area (Å²) in [6.07, 6.45) is 5.50. The minimum absolute atomic E-state index is 0.262. The molecular formula is C10H14N4OS. The van der Waals surface area contributed by atoms with Gasteiger partial charge in [-0.2, -0.15) is 0 Å². The summed E-state index contributed by atoms with van der Waals surface area (Å²) in [5.74, 6) is 0.662. The molecule has 6 heteroatoms. The Bertz CT molecular complexity index is 392. The number of rotatable bonds is 4. The number of hydrogen-bond acceptors (Lipinski definition) is 5. The van der Waals surface area contributed by atoms with Crippen LogP contribution in [-0.2, 0) is 4.74 Å². The lowest BCUT2D eigenvalue weighted by Crippen LogP contribution is -2.40. The summed E-state index contributed by atoms with van der Waals surface area (Å²) < 4.78 is 5.21. The second-order valence-corrected chi connectivity index (χ2v) is 4.23. The van der Waals surface area contributed by atoms with Crippen LogP contribution >= 0.6 is 12.2 Å². The maximum absolute atomic E-state index is 5.57. The molecule has 5 nitrogen and oxygen atoms in total. The van der Waals surface area contributed by atoms with Crippen LogP contribution in [-0.4, -0.2) is 34.2 Å². The maximum atomic E-state index is 5.57. The summed E-state index contributed by atoms with van der Waals surface area (Å²) in [7, 11) is 1.73. The van der Waals surface area contributed by atoms with Crippen molar-refractivity contribution in [3.63, 3.8) is 0 Å². The van der Waals surface area contributed by atoms with E-state index in [4.69, 9.17) is 22.7 Å². The Morgan fingerprint density at radius 1 is 1.50 bits per heavy atom. The summed E-state index contributed by atoms with van der Waals surface area (Å²) in [5, 5.41) is 3.27. The van der Waals surface area contributed by atoms with Crippen LogP contribution in [0.2, 0.25) is 0 Å².